The van der Waals surface area contributed by atoms with Crippen LogP contribution in [0.2, 0.25) is 10.0 Å². The molecule has 0 unspecified atom stereocenters. The van der Waals surface area contributed by atoms with Crippen LogP contribution in [0.4, 0.5) is 0 Å². The fraction of sp³-hybridized carbons (Fsp3) is 0.200. The largest absolute Gasteiger partial charge is 0.341 e. The summed E-state index contributed by atoms with van der Waals surface area (Å²) in [5.41, 5.74) is 1.49. The van der Waals surface area contributed by atoms with Crippen LogP contribution in [-0.4, -0.2) is 29.4 Å². The van der Waals surface area contributed by atoms with E-state index in [1.54, 1.807) is 36.3 Å². The second kappa shape index (κ2) is 6.73. The van der Waals surface area contributed by atoms with Crippen LogP contribution in [0.5, 0.6) is 0 Å². The molecule has 0 aliphatic rings. The summed E-state index contributed by atoms with van der Waals surface area (Å²) in [5, 5.41) is 0.829. The zero-order valence-electron chi connectivity index (χ0n) is 11.0. The topological polar surface area (TPSA) is 33.2 Å². The van der Waals surface area contributed by atoms with Gasteiger partial charge in [-0.15, -0.1) is 0 Å². The zero-order valence-corrected chi connectivity index (χ0v) is 12.5. The molecule has 0 saturated carbocycles. The van der Waals surface area contributed by atoms with Crippen LogP contribution in [-0.2, 0) is 6.42 Å². The second-order valence-electron chi connectivity index (χ2n) is 4.43. The third-order valence-electron chi connectivity index (χ3n) is 2.94. The number of nitrogens with zero attached hydrogens (tertiary/aromatic N) is 2. The summed E-state index contributed by atoms with van der Waals surface area (Å²) in [5.74, 6) is -0.0838. The average Bonchev–Trinajstić information content (AvgIpc) is 2.48. The number of halogens is 2. The van der Waals surface area contributed by atoms with Crippen molar-refractivity contribution < 1.29 is 4.79 Å². The quantitative estimate of drug-likeness (QED) is 0.863. The van der Waals surface area contributed by atoms with Gasteiger partial charge in [0, 0.05) is 37.5 Å². The molecule has 0 fully saturated rings. The molecular weight excluding hydrogens is 295 g/mol. The molecule has 0 aliphatic carbocycles. The number of amides is 1. The third kappa shape index (κ3) is 3.71. The van der Waals surface area contributed by atoms with Crippen LogP contribution < -0.4 is 0 Å². The number of likely N-dealkylation sites (N-methyl/N-ethyl adjacent to an activating group) is 1. The van der Waals surface area contributed by atoms with Crippen LogP contribution in [0.25, 0.3) is 0 Å². The lowest BCUT2D eigenvalue weighted by Crippen LogP contribution is -2.29. The first-order valence-corrected chi connectivity index (χ1v) is 6.94. The van der Waals surface area contributed by atoms with Crippen LogP contribution in [0, 0.1) is 0 Å². The van der Waals surface area contributed by atoms with Crippen molar-refractivity contribution in [2.24, 2.45) is 0 Å². The van der Waals surface area contributed by atoms with Gasteiger partial charge in [0.1, 0.15) is 0 Å². The van der Waals surface area contributed by atoms with Gasteiger partial charge >= 0.3 is 0 Å². The van der Waals surface area contributed by atoms with Gasteiger partial charge in [0.05, 0.1) is 10.0 Å². The minimum absolute atomic E-state index is 0.0838. The molecule has 1 amide bonds. The molecule has 1 aromatic heterocycles. The van der Waals surface area contributed by atoms with Gasteiger partial charge in [-0.25, -0.2) is 0 Å². The summed E-state index contributed by atoms with van der Waals surface area (Å²) >= 11 is 11.8. The van der Waals surface area contributed by atoms with E-state index in [1.165, 1.54) is 0 Å². The van der Waals surface area contributed by atoms with E-state index >= 15 is 0 Å². The summed E-state index contributed by atoms with van der Waals surface area (Å²) in [6.45, 7) is 0.593. The SMILES string of the molecule is CN(CCc1ccccn1)C(=O)c1ccc(Cl)c(Cl)c1. The molecule has 104 valence electrons. The molecule has 0 aliphatic heterocycles. The van der Waals surface area contributed by atoms with E-state index in [0.29, 0.717) is 28.6 Å². The molecule has 2 aromatic rings. The number of carbonyl (C=O) groups is 1. The Balaban J connectivity index is 1.99. The minimum Gasteiger partial charge on any atom is -0.341 e. The lowest BCUT2D eigenvalue weighted by molar-refractivity contribution is 0.0796. The van der Waals surface area contributed by atoms with Crippen molar-refractivity contribution in [1.82, 2.24) is 9.88 Å². The van der Waals surface area contributed by atoms with Gasteiger partial charge in [-0.3, -0.25) is 9.78 Å². The highest BCUT2D eigenvalue weighted by molar-refractivity contribution is 6.42. The lowest BCUT2D eigenvalue weighted by Gasteiger charge is -2.17. The molecule has 0 bridgehead atoms. The smallest absolute Gasteiger partial charge is 0.253 e. The highest BCUT2D eigenvalue weighted by Gasteiger charge is 2.13. The third-order valence-corrected chi connectivity index (χ3v) is 3.68. The van der Waals surface area contributed by atoms with Crippen LogP contribution in [0.1, 0.15) is 16.1 Å². The van der Waals surface area contributed by atoms with Gasteiger partial charge < -0.3 is 4.90 Å². The molecule has 0 atom stereocenters. The van der Waals surface area contributed by atoms with E-state index in [0.717, 1.165) is 5.69 Å². The molecule has 5 heteroatoms. The molecule has 0 saturated heterocycles. The Morgan fingerprint density at radius 2 is 2.00 bits per heavy atom. The Morgan fingerprint density at radius 3 is 2.65 bits per heavy atom. The molecule has 0 radical (unpaired) electrons. The molecule has 0 spiro atoms. The van der Waals surface area contributed by atoms with E-state index in [2.05, 4.69) is 4.98 Å². The fourth-order valence-electron chi connectivity index (χ4n) is 1.78. The maximum atomic E-state index is 12.2. The summed E-state index contributed by atoms with van der Waals surface area (Å²) in [6, 6.07) is 10.6. The number of hydrogen-bond acceptors (Lipinski definition) is 2. The fourth-order valence-corrected chi connectivity index (χ4v) is 2.08. The first-order chi connectivity index (χ1) is 9.58. The number of pyridine rings is 1. The zero-order chi connectivity index (χ0) is 14.5. The van der Waals surface area contributed by atoms with Crippen molar-refractivity contribution >= 4 is 29.1 Å². The predicted molar refractivity (Wildman–Crippen MR) is 81.4 cm³/mol. The highest BCUT2D eigenvalue weighted by atomic mass is 35.5. The van der Waals surface area contributed by atoms with Crippen molar-refractivity contribution in [3.05, 3.63) is 63.9 Å². The highest BCUT2D eigenvalue weighted by Crippen LogP contribution is 2.23. The van der Waals surface area contributed by atoms with Gasteiger partial charge in [-0.05, 0) is 30.3 Å². The summed E-state index contributed by atoms with van der Waals surface area (Å²) < 4.78 is 0. The second-order valence-corrected chi connectivity index (χ2v) is 5.24. The standard InChI is InChI=1S/C15H14Cl2N2O/c1-19(9-7-12-4-2-3-8-18-12)15(20)11-5-6-13(16)14(17)10-11/h2-6,8,10H,7,9H2,1H3. The Hall–Kier alpha value is -1.58. The summed E-state index contributed by atoms with van der Waals surface area (Å²) in [6.07, 6.45) is 2.46. The van der Waals surface area contributed by atoms with Crippen LogP contribution in [0.15, 0.2) is 42.6 Å². The number of carbonyl (C=O) groups excluding carboxylic acids is 1. The Morgan fingerprint density at radius 1 is 1.20 bits per heavy atom. The van der Waals surface area contributed by atoms with E-state index in [-0.39, 0.29) is 5.91 Å². The van der Waals surface area contributed by atoms with Crippen molar-refractivity contribution in [2.75, 3.05) is 13.6 Å². The lowest BCUT2D eigenvalue weighted by atomic mass is 10.2. The van der Waals surface area contributed by atoms with Crippen LogP contribution >= 0.6 is 23.2 Å². The molecular formula is C15H14Cl2N2O. The normalized spacial score (nSPS) is 10.3. The van der Waals surface area contributed by atoms with Gasteiger partial charge in [0.2, 0.25) is 0 Å². The number of benzene rings is 1. The predicted octanol–water partition coefficient (Wildman–Crippen LogP) is 3.70. The van der Waals surface area contributed by atoms with E-state index in [4.69, 9.17) is 23.2 Å². The maximum absolute atomic E-state index is 12.2. The number of rotatable bonds is 4. The molecule has 3 nitrogen and oxygen atoms in total. The van der Waals surface area contributed by atoms with Crippen molar-refractivity contribution in [2.45, 2.75) is 6.42 Å². The summed E-state index contributed by atoms with van der Waals surface area (Å²) in [7, 11) is 1.76. The van der Waals surface area contributed by atoms with Gasteiger partial charge in [0.15, 0.2) is 0 Å². The Bertz CT molecular complexity index is 602. The first kappa shape index (κ1) is 14.8. The van der Waals surface area contributed by atoms with Crippen molar-refractivity contribution in [3.63, 3.8) is 0 Å². The number of aromatic nitrogens is 1. The molecule has 1 aromatic carbocycles. The minimum atomic E-state index is -0.0838. The molecule has 2 rings (SSSR count). The summed E-state index contributed by atoms with van der Waals surface area (Å²) in [4.78, 5) is 18.1. The van der Waals surface area contributed by atoms with Gasteiger partial charge in [-0.2, -0.15) is 0 Å². The average molecular weight is 309 g/mol. The van der Waals surface area contributed by atoms with Gasteiger partial charge in [-0.1, -0.05) is 29.3 Å². The van der Waals surface area contributed by atoms with E-state index < -0.39 is 0 Å². The first-order valence-electron chi connectivity index (χ1n) is 6.18. The van der Waals surface area contributed by atoms with E-state index in [1.807, 2.05) is 18.2 Å². The Labute approximate surface area is 128 Å². The maximum Gasteiger partial charge on any atom is 0.253 e. The number of hydrogen-bond donors (Lipinski definition) is 0. The molecule has 1 heterocycles. The van der Waals surface area contributed by atoms with Crippen LogP contribution in [0.3, 0.4) is 0 Å². The Kier molecular flexibility index (Phi) is 4.99. The molecule has 0 N–H and O–H groups in total. The van der Waals surface area contributed by atoms with Crippen molar-refractivity contribution in [1.29, 1.82) is 0 Å². The van der Waals surface area contributed by atoms with Gasteiger partial charge in [0.25, 0.3) is 5.91 Å². The van der Waals surface area contributed by atoms with Crippen molar-refractivity contribution in [3.8, 4) is 0 Å². The van der Waals surface area contributed by atoms with E-state index in [9.17, 15) is 4.79 Å². The molecule has 20 heavy (non-hydrogen) atoms. The monoisotopic (exact) mass is 308 g/mol.